The lowest BCUT2D eigenvalue weighted by Crippen LogP contribution is -2.17. The van der Waals surface area contributed by atoms with Gasteiger partial charge in [-0.1, -0.05) is 53.0 Å². The first-order valence-electron chi connectivity index (χ1n) is 9.27. The number of nitrogens with two attached hydrogens (primary N) is 1. The zero-order valence-corrected chi connectivity index (χ0v) is 16.0. The van der Waals surface area contributed by atoms with Gasteiger partial charge in [0.1, 0.15) is 0 Å². The first-order chi connectivity index (χ1) is 10.3. The van der Waals surface area contributed by atoms with Crippen LogP contribution >= 0.6 is 0 Å². The molecular formula is C20H40N2. The normalized spacial score (nSPS) is 14.4. The van der Waals surface area contributed by atoms with Gasteiger partial charge in [-0.15, -0.1) is 0 Å². The Morgan fingerprint density at radius 3 is 2.00 bits per heavy atom. The van der Waals surface area contributed by atoms with Crippen LogP contribution in [0.15, 0.2) is 11.1 Å². The maximum absolute atomic E-state index is 8.66. The molecule has 2 nitrogen and oxygen atoms in total. The topological polar surface area (TPSA) is 49.9 Å². The van der Waals surface area contributed by atoms with E-state index in [0.29, 0.717) is 17.8 Å². The number of hydrogen-bond donors (Lipinski definition) is 2. The Hall–Kier alpha value is -0.630. The first-order valence-corrected chi connectivity index (χ1v) is 9.27. The second-order valence-electron chi connectivity index (χ2n) is 7.75. The van der Waals surface area contributed by atoms with E-state index < -0.39 is 0 Å². The molecule has 0 aromatic rings. The van der Waals surface area contributed by atoms with Gasteiger partial charge in [0, 0.05) is 5.71 Å². The number of rotatable bonds is 12. The molecule has 0 aromatic heterocycles. The molecular weight excluding hydrogens is 268 g/mol. The van der Waals surface area contributed by atoms with Gasteiger partial charge in [0.25, 0.3) is 0 Å². The van der Waals surface area contributed by atoms with Crippen molar-refractivity contribution in [3.8, 4) is 0 Å². The van der Waals surface area contributed by atoms with Crippen LogP contribution in [-0.2, 0) is 0 Å². The molecule has 0 radical (unpaired) electrons. The molecule has 0 saturated heterocycles. The Balaban J connectivity index is 4.81. The summed E-state index contributed by atoms with van der Waals surface area (Å²) in [7, 11) is 0. The van der Waals surface area contributed by atoms with Gasteiger partial charge < -0.3 is 11.1 Å². The summed E-state index contributed by atoms with van der Waals surface area (Å²) in [5.74, 6) is 1.70. The molecule has 3 N–H and O–H groups in total. The van der Waals surface area contributed by atoms with Crippen LogP contribution in [0.4, 0.5) is 0 Å². The molecule has 0 aliphatic rings. The molecule has 130 valence electrons. The molecule has 0 fully saturated rings. The van der Waals surface area contributed by atoms with E-state index in [1.807, 2.05) is 0 Å². The lowest BCUT2D eigenvalue weighted by molar-refractivity contribution is 0.518. The third kappa shape index (κ3) is 9.40. The third-order valence-corrected chi connectivity index (χ3v) is 4.25. The van der Waals surface area contributed by atoms with Crippen LogP contribution in [0.3, 0.4) is 0 Å². The molecule has 1 atom stereocenters. The van der Waals surface area contributed by atoms with Crippen molar-refractivity contribution in [1.82, 2.24) is 0 Å². The fourth-order valence-corrected chi connectivity index (χ4v) is 3.24. The summed E-state index contributed by atoms with van der Waals surface area (Å²) in [6.07, 6.45) is 8.10. The number of nitrogens with one attached hydrogen (secondary N) is 1. The maximum atomic E-state index is 8.66. The second-order valence-corrected chi connectivity index (χ2v) is 7.75. The highest BCUT2D eigenvalue weighted by Gasteiger charge is 2.17. The Kier molecular flexibility index (Phi) is 11.5. The average Bonchev–Trinajstić information content (AvgIpc) is 2.40. The van der Waals surface area contributed by atoms with Crippen molar-refractivity contribution in [2.45, 2.75) is 86.5 Å². The number of allylic oxidation sites excluding steroid dienone is 2. The van der Waals surface area contributed by atoms with Crippen LogP contribution in [0.5, 0.6) is 0 Å². The summed E-state index contributed by atoms with van der Waals surface area (Å²) in [4.78, 5) is 0. The summed E-state index contributed by atoms with van der Waals surface area (Å²) in [5, 5.41) is 8.66. The van der Waals surface area contributed by atoms with Gasteiger partial charge in [0.05, 0.1) is 0 Å². The third-order valence-electron chi connectivity index (χ3n) is 4.25. The van der Waals surface area contributed by atoms with E-state index in [1.54, 1.807) is 0 Å². The molecule has 0 spiro atoms. The zero-order chi connectivity index (χ0) is 17.1. The SMILES string of the molecule is CC(CC(C)C)=C(CCCCCCN)C(=N)C(C)CC(C)C. The zero-order valence-electron chi connectivity index (χ0n) is 16.0. The number of unbranched alkanes of at least 4 members (excludes halogenated alkanes) is 3. The molecule has 1 unspecified atom stereocenters. The molecule has 0 heterocycles. The molecule has 0 bridgehead atoms. The van der Waals surface area contributed by atoms with Crippen molar-refractivity contribution >= 4 is 5.71 Å². The minimum absolute atomic E-state index is 0.376. The lowest BCUT2D eigenvalue weighted by Gasteiger charge is -2.21. The van der Waals surface area contributed by atoms with Crippen LogP contribution in [0, 0.1) is 23.2 Å². The molecule has 0 saturated carbocycles. The molecule has 2 heteroatoms. The number of hydrogen-bond acceptors (Lipinski definition) is 2. The molecule has 0 rings (SSSR count). The highest BCUT2D eigenvalue weighted by Crippen LogP contribution is 2.25. The van der Waals surface area contributed by atoms with Crippen LogP contribution < -0.4 is 5.73 Å². The van der Waals surface area contributed by atoms with Crippen molar-refractivity contribution in [2.75, 3.05) is 6.54 Å². The molecule has 0 aromatic carbocycles. The Labute approximate surface area is 139 Å². The summed E-state index contributed by atoms with van der Waals surface area (Å²) in [5.41, 5.74) is 9.24. The van der Waals surface area contributed by atoms with Crippen molar-refractivity contribution in [2.24, 2.45) is 23.5 Å². The van der Waals surface area contributed by atoms with E-state index in [-0.39, 0.29) is 0 Å². The minimum atomic E-state index is 0.376. The Morgan fingerprint density at radius 1 is 0.909 bits per heavy atom. The minimum Gasteiger partial charge on any atom is -0.330 e. The average molecular weight is 309 g/mol. The predicted molar refractivity (Wildman–Crippen MR) is 101 cm³/mol. The first kappa shape index (κ1) is 21.4. The van der Waals surface area contributed by atoms with Gasteiger partial charge in [-0.3, -0.25) is 0 Å². The summed E-state index contributed by atoms with van der Waals surface area (Å²) in [6, 6.07) is 0. The van der Waals surface area contributed by atoms with E-state index in [2.05, 4.69) is 41.5 Å². The Morgan fingerprint density at radius 2 is 1.50 bits per heavy atom. The standard InChI is InChI=1S/C20H40N2/c1-15(2)13-17(5)19(11-9-7-8-10-12-21)20(22)18(6)14-16(3)4/h15-16,18,22H,7-14,21H2,1-6H3. The summed E-state index contributed by atoms with van der Waals surface area (Å²) < 4.78 is 0. The maximum Gasteiger partial charge on any atom is 0.0373 e. The quantitative estimate of drug-likeness (QED) is 0.339. The Bertz CT molecular complexity index is 340. The predicted octanol–water partition coefficient (Wildman–Crippen LogP) is 5.96. The fraction of sp³-hybridized carbons (Fsp3) is 0.850. The van der Waals surface area contributed by atoms with E-state index in [4.69, 9.17) is 11.1 Å². The molecule has 0 aliphatic heterocycles. The van der Waals surface area contributed by atoms with E-state index >= 15 is 0 Å². The monoisotopic (exact) mass is 308 g/mol. The van der Waals surface area contributed by atoms with Gasteiger partial charge in [-0.25, -0.2) is 0 Å². The van der Waals surface area contributed by atoms with Crippen molar-refractivity contribution < 1.29 is 0 Å². The van der Waals surface area contributed by atoms with Crippen LogP contribution in [0.1, 0.15) is 86.5 Å². The largest absolute Gasteiger partial charge is 0.330 e. The molecule has 0 amide bonds. The van der Waals surface area contributed by atoms with Crippen molar-refractivity contribution in [1.29, 1.82) is 5.41 Å². The van der Waals surface area contributed by atoms with Crippen LogP contribution in [0.25, 0.3) is 0 Å². The van der Waals surface area contributed by atoms with Gasteiger partial charge >= 0.3 is 0 Å². The van der Waals surface area contributed by atoms with Crippen LogP contribution in [-0.4, -0.2) is 12.3 Å². The van der Waals surface area contributed by atoms with E-state index in [0.717, 1.165) is 37.9 Å². The van der Waals surface area contributed by atoms with Crippen LogP contribution in [0.2, 0.25) is 0 Å². The highest BCUT2D eigenvalue weighted by molar-refractivity contribution is 5.99. The smallest absolute Gasteiger partial charge is 0.0373 e. The summed E-state index contributed by atoms with van der Waals surface area (Å²) >= 11 is 0. The highest BCUT2D eigenvalue weighted by atomic mass is 14.5. The lowest BCUT2D eigenvalue weighted by atomic mass is 9.85. The fourth-order valence-electron chi connectivity index (χ4n) is 3.24. The van der Waals surface area contributed by atoms with Gasteiger partial charge in [0.15, 0.2) is 0 Å². The molecule has 0 aliphatic carbocycles. The van der Waals surface area contributed by atoms with Crippen molar-refractivity contribution in [3.05, 3.63) is 11.1 Å². The van der Waals surface area contributed by atoms with E-state index in [1.165, 1.54) is 30.4 Å². The summed E-state index contributed by atoms with van der Waals surface area (Å²) in [6.45, 7) is 14.3. The molecule has 22 heavy (non-hydrogen) atoms. The van der Waals surface area contributed by atoms with E-state index in [9.17, 15) is 0 Å². The van der Waals surface area contributed by atoms with Gasteiger partial charge in [-0.2, -0.15) is 0 Å². The van der Waals surface area contributed by atoms with Gasteiger partial charge in [-0.05, 0) is 68.9 Å². The van der Waals surface area contributed by atoms with Crippen molar-refractivity contribution in [3.63, 3.8) is 0 Å². The second kappa shape index (κ2) is 11.9. The van der Waals surface area contributed by atoms with Gasteiger partial charge in [0.2, 0.25) is 0 Å².